The lowest BCUT2D eigenvalue weighted by Crippen LogP contribution is -2.31. The number of sulfonamides is 1. The van der Waals surface area contributed by atoms with Gasteiger partial charge in [-0.25, -0.2) is 18.1 Å². The molecule has 0 saturated heterocycles. The van der Waals surface area contributed by atoms with Gasteiger partial charge in [0.25, 0.3) is 21.6 Å². The molecule has 202 valence electrons. The third-order valence-electron chi connectivity index (χ3n) is 6.53. The lowest BCUT2D eigenvalue weighted by atomic mass is 10.1. The third kappa shape index (κ3) is 5.84. The monoisotopic (exact) mass is 551 g/mol. The molecule has 0 spiro atoms. The quantitative estimate of drug-likeness (QED) is 0.177. The van der Waals surface area contributed by atoms with Crippen molar-refractivity contribution in [1.29, 1.82) is 0 Å². The van der Waals surface area contributed by atoms with Crippen molar-refractivity contribution < 1.29 is 28.0 Å². The van der Waals surface area contributed by atoms with Gasteiger partial charge in [0, 0.05) is 24.2 Å². The van der Waals surface area contributed by atoms with Crippen LogP contribution in [0.5, 0.6) is 11.5 Å². The second-order valence-electron chi connectivity index (χ2n) is 9.27. The Hall–Kier alpha value is -4.49. The minimum atomic E-state index is -4.47. The van der Waals surface area contributed by atoms with Crippen LogP contribution in [0.4, 0.5) is 11.4 Å². The molecule has 2 heterocycles. The van der Waals surface area contributed by atoms with E-state index in [1.165, 1.54) is 30.5 Å². The molecule has 1 aliphatic rings. The van der Waals surface area contributed by atoms with E-state index in [2.05, 4.69) is 15.3 Å². The number of aromatic amines is 1. The molecule has 1 aliphatic carbocycles. The first-order valence-corrected chi connectivity index (χ1v) is 13.7. The van der Waals surface area contributed by atoms with Gasteiger partial charge in [0.2, 0.25) is 0 Å². The van der Waals surface area contributed by atoms with Gasteiger partial charge in [-0.3, -0.25) is 14.9 Å². The van der Waals surface area contributed by atoms with E-state index in [0.29, 0.717) is 30.8 Å². The predicted octanol–water partition coefficient (Wildman–Crippen LogP) is 3.96. The van der Waals surface area contributed by atoms with Crippen molar-refractivity contribution in [3.63, 3.8) is 0 Å². The van der Waals surface area contributed by atoms with Crippen LogP contribution in [0.3, 0.4) is 0 Å². The third-order valence-corrected chi connectivity index (χ3v) is 7.86. The molecule has 39 heavy (non-hydrogen) atoms. The van der Waals surface area contributed by atoms with Crippen molar-refractivity contribution in [2.75, 3.05) is 11.9 Å². The first kappa shape index (κ1) is 26.1. The molecule has 0 aliphatic heterocycles. The lowest BCUT2D eigenvalue weighted by molar-refractivity contribution is -0.384. The molecule has 2 aromatic carbocycles. The Morgan fingerprint density at radius 2 is 2.00 bits per heavy atom. The standard InChI is InChI=1S/C26H25N5O7S/c32-18-6-5-16(11-18)14-28-22-8-7-20(13-23(22)31(34)35)39(36,37)30-26(33)21-3-1-2-4-24(21)38-19-12-17-9-10-27-25(17)29-15-19/h1-4,7-10,12-13,15-16,18,28,32H,5-6,11,14H2,(H,27,29)(H,30,33)/t16-,18+/m0/s1. The van der Waals surface area contributed by atoms with Crippen molar-refractivity contribution >= 4 is 38.3 Å². The van der Waals surface area contributed by atoms with Crippen LogP contribution in [0.15, 0.2) is 71.9 Å². The van der Waals surface area contributed by atoms with E-state index < -0.39 is 31.4 Å². The predicted molar refractivity (Wildman–Crippen MR) is 142 cm³/mol. The number of pyridine rings is 1. The molecule has 0 radical (unpaired) electrons. The van der Waals surface area contributed by atoms with Gasteiger partial charge in [-0.2, -0.15) is 0 Å². The highest BCUT2D eigenvalue weighted by Crippen LogP contribution is 2.31. The van der Waals surface area contributed by atoms with Crippen molar-refractivity contribution in [1.82, 2.24) is 14.7 Å². The van der Waals surface area contributed by atoms with Crippen LogP contribution < -0.4 is 14.8 Å². The van der Waals surface area contributed by atoms with Crippen LogP contribution >= 0.6 is 0 Å². The molecule has 4 N–H and O–H groups in total. The van der Waals surface area contributed by atoms with Gasteiger partial charge in [-0.05, 0) is 61.6 Å². The van der Waals surface area contributed by atoms with Crippen molar-refractivity contribution in [2.24, 2.45) is 5.92 Å². The minimum absolute atomic E-state index is 0.0539. The normalized spacial score (nSPS) is 17.2. The summed E-state index contributed by atoms with van der Waals surface area (Å²) in [7, 11) is -4.47. The zero-order valence-electron chi connectivity index (χ0n) is 20.5. The molecule has 2 aromatic heterocycles. The van der Waals surface area contributed by atoms with Crippen molar-refractivity contribution in [3.8, 4) is 11.5 Å². The summed E-state index contributed by atoms with van der Waals surface area (Å²) >= 11 is 0. The van der Waals surface area contributed by atoms with Gasteiger partial charge < -0.3 is 20.1 Å². The van der Waals surface area contributed by atoms with Crippen LogP contribution in [0.2, 0.25) is 0 Å². The number of para-hydroxylation sites is 1. The highest BCUT2D eigenvalue weighted by Gasteiger charge is 2.27. The number of aliphatic hydroxyl groups is 1. The molecule has 13 heteroatoms. The summed E-state index contributed by atoms with van der Waals surface area (Å²) in [5, 5.41) is 25.2. The van der Waals surface area contributed by atoms with Crippen LogP contribution in [-0.2, 0) is 10.0 Å². The number of aromatic nitrogens is 2. The number of aliphatic hydroxyl groups excluding tert-OH is 1. The molecule has 1 saturated carbocycles. The molecule has 2 atom stereocenters. The van der Waals surface area contributed by atoms with E-state index in [1.54, 1.807) is 30.5 Å². The zero-order valence-corrected chi connectivity index (χ0v) is 21.3. The second-order valence-corrected chi connectivity index (χ2v) is 11.0. The fraction of sp³-hybridized carbons (Fsp3) is 0.231. The average molecular weight is 552 g/mol. The number of benzene rings is 2. The van der Waals surface area contributed by atoms with Gasteiger partial charge in [0.15, 0.2) is 0 Å². The number of nitro groups is 1. The maximum atomic E-state index is 13.0. The number of hydrogen-bond acceptors (Lipinski definition) is 9. The number of amides is 1. The summed E-state index contributed by atoms with van der Waals surface area (Å²) < 4.78 is 33.9. The first-order chi connectivity index (χ1) is 18.7. The lowest BCUT2D eigenvalue weighted by Gasteiger charge is -2.14. The molecular weight excluding hydrogens is 526 g/mol. The Morgan fingerprint density at radius 1 is 1.18 bits per heavy atom. The molecule has 4 aromatic rings. The zero-order chi connectivity index (χ0) is 27.6. The topological polar surface area (TPSA) is 177 Å². The number of anilines is 1. The number of carbonyl (C=O) groups excluding carboxylic acids is 1. The Kier molecular flexibility index (Phi) is 7.17. The maximum Gasteiger partial charge on any atom is 0.293 e. The van der Waals surface area contributed by atoms with E-state index in [1.807, 2.05) is 4.72 Å². The molecule has 0 bridgehead atoms. The Morgan fingerprint density at radius 3 is 2.77 bits per heavy atom. The minimum Gasteiger partial charge on any atom is -0.455 e. The Balaban J connectivity index is 1.33. The number of nitro benzene ring substituents is 1. The number of ether oxygens (including phenoxy) is 1. The van der Waals surface area contributed by atoms with Crippen LogP contribution in [0.1, 0.15) is 29.6 Å². The maximum absolute atomic E-state index is 13.0. The number of fused-ring (bicyclic) bond motifs is 1. The number of H-pyrrole nitrogens is 1. The number of nitrogens with zero attached hydrogens (tertiary/aromatic N) is 2. The van der Waals surface area contributed by atoms with E-state index in [9.17, 15) is 28.4 Å². The fourth-order valence-electron chi connectivity index (χ4n) is 4.55. The molecular formula is C26H25N5O7S. The van der Waals surface area contributed by atoms with Gasteiger partial charge in [-0.1, -0.05) is 12.1 Å². The summed E-state index contributed by atoms with van der Waals surface area (Å²) in [6.07, 6.45) is 4.89. The largest absolute Gasteiger partial charge is 0.455 e. The van der Waals surface area contributed by atoms with Gasteiger partial charge >= 0.3 is 0 Å². The molecule has 12 nitrogen and oxygen atoms in total. The van der Waals surface area contributed by atoms with Crippen molar-refractivity contribution in [3.05, 3.63) is 82.7 Å². The van der Waals surface area contributed by atoms with E-state index in [4.69, 9.17) is 4.74 Å². The van der Waals surface area contributed by atoms with Gasteiger partial charge in [0.1, 0.15) is 22.8 Å². The average Bonchev–Trinajstić information content (AvgIpc) is 3.55. The summed E-state index contributed by atoms with van der Waals surface area (Å²) in [5.74, 6) is -0.364. The Bertz CT molecular complexity index is 1650. The molecule has 0 unspecified atom stereocenters. The van der Waals surface area contributed by atoms with Crippen molar-refractivity contribution in [2.45, 2.75) is 30.3 Å². The number of rotatable bonds is 9. The number of carbonyl (C=O) groups is 1. The summed E-state index contributed by atoms with van der Waals surface area (Å²) in [4.78, 5) is 30.8. The molecule has 1 fully saturated rings. The van der Waals surface area contributed by atoms with E-state index in [-0.39, 0.29) is 29.0 Å². The first-order valence-electron chi connectivity index (χ1n) is 12.2. The highest BCUT2D eigenvalue weighted by atomic mass is 32.2. The summed E-state index contributed by atoms with van der Waals surface area (Å²) in [6, 6.07) is 13.0. The Labute approximate surface area is 223 Å². The fourth-order valence-corrected chi connectivity index (χ4v) is 5.53. The summed E-state index contributed by atoms with van der Waals surface area (Å²) in [5.41, 5.74) is 0.313. The smallest absolute Gasteiger partial charge is 0.293 e. The number of nitrogens with one attached hydrogen (secondary N) is 3. The van der Waals surface area contributed by atoms with E-state index in [0.717, 1.165) is 17.9 Å². The van der Waals surface area contributed by atoms with Crippen LogP contribution in [0.25, 0.3) is 11.0 Å². The SMILES string of the molecule is O=C(NS(=O)(=O)c1ccc(NC[C@H]2CC[C@@H](O)C2)c([N+](=O)[O-])c1)c1ccccc1Oc1cnc2[nH]ccc2c1. The van der Waals surface area contributed by atoms with Crippen LogP contribution in [-0.4, -0.2) is 47.0 Å². The van der Waals surface area contributed by atoms with Crippen LogP contribution in [0, 0.1) is 16.0 Å². The molecule has 5 rings (SSSR count). The van der Waals surface area contributed by atoms with Gasteiger partial charge in [-0.15, -0.1) is 0 Å². The second kappa shape index (κ2) is 10.7. The van der Waals surface area contributed by atoms with Gasteiger partial charge in [0.05, 0.1) is 27.7 Å². The number of hydrogen-bond donors (Lipinski definition) is 4. The van der Waals surface area contributed by atoms with E-state index >= 15 is 0 Å². The summed E-state index contributed by atoms with van der Waals surface area (Å²) in [6.45, 7) is 0.407. The molecule has 1 amide bonds. The highest BCUT2D eigenvalue weighted by molar-refractivity contribution is 7.90.